The van der Waals surface area contributed by atoms with E-state index in [1.165, 1.54) is 50.5 Å². The zero-order valence-electron chi connectivity index (χ0n) is 12.4. The molecule has 0 aliphatic rings. The van der Waals surface area contributed by atoms with Crippen LogP contribution in [0.5, 0.6) is 5.75 Å². The molecule has 92 valence electrons. The van der Waals surface area contributed by atoms with Gasteiger partial charge in [-0.25, -0.2) is 0 Å². The molecule has 0 atom stereocenters. The average molecular weight is 228 g/mol. The minimum absolute atomic E-state index is 0. The fraction of sp³-hybridized carbons (Fsp3) is 0.600. The second-order valence-electron chi connectivity index (χ2n) is 4.54. The van der Waals surface area contributed by atoms with Crippen LogP contribution in [0.25, 0.3) is 0 Å². The van der Waals surface area contributed by atoms with Crippen molar-refractivity contribution in [2.75, 3.05) is 0 Å². The molecule has 1 nitrogen and oxygen atoms in total. The summed E-state index contributed by atoms with van der Waals surface area (Å²) in [6.07, 6.45) is 10.6. The van der Waals surface area contributed by atoms with Gasteiger partial charge in [-0.1, -0.05) is 57.6 Å². The molecule has 1 rings (SSSR count). The van der Waals surface area contributed by atoms with Crippen molar-refractivity contribution in [2.45, 2.75) is 58.3 Å². The van der Waals surface area contributed by atoms with Crippen LogP contribution in [0, 0.1) is 0 Å². The molecule has 1 aromatic carbocycles. The maximum absolute atomic E-state index is 9.15. The first-order valence-electron chi connectivity index (χ1n) is 6.61. The third-order valence-corrected chi connectivity index (χ3v) is 3.01. The standard InChI is InChI=1S/C15H24O.Li.H/c1-2-3-4-5-6-7-8-9-14-10-12-15(16)13-11-14;;/h10-13,16H,2-9H2,1H3;;/q;+1;-1. The van der Waals surface area contributed by atoms with E-state index in [-0.39, 0.29) is 20.3 Å². The van der Waals surface area contributed by atoms with Gasteiger partial charge in [0.1, 0.15) is 5.75 Å². The first kappa shape index (κ1) is 16.6. The molecule has 0 saturated carbocycles. The van der Waals surface area contributed by atoms with Crippen LogP contribution in [0.15, 0.2) is 24.3 Å². The molecule has 0 aliphatic carbocycles. The van der Waals surface area contributed by atoms with Gasteiger partial charge in [0, 0.05) is 0 Å². The van der Waals surface area contributed by atoms with Crippen molar-refractivity contribution in [3.8, 4) is 5.75 Å². The van der Waals surface area contributed by atoms with Gasteiger partial charge in [0.05, 0.1) is 0 Å². The predicted octanol–water partition coefficient (Wildman–Crippen LogP) is 1.80. The Kier molecular flexibility index (Phi) is 10.5. The number of aryl methyl sites for hydroxylation is 1. The number of unbranched alkanes of at least 4 members (excludes halogenated alkanes) is 6. The molecule has 0 unspecified atom stereocenters. The Balaban J connectivity index is 0. The molecule has 1 N–H and O–H groups in total. The van der Waals surface area contributed by atoms with E-state index < -0.39 is 0 Å². The van der Waals surface area contributed by atoms with Crippen molar-refractivity contribution in [2.24, 2.45) is 0 Å². The second kappa shape index (κ2) is 10.8. The normalized spacial score (nSPS) is 9.94. The number of aromatic hydroxyl groups is 1. The predicted molar refractivity (Wildman–Crippen MR) is 70.9 cm³/mol. The van der Waals surface area contributed by atoms with Crippen LogP contribution in [0.4, 0.5) is 0 Å². The van der Waals surface area contributed by atoms with Crippen molar-refractivity contribution >= 4 is 0 Å². The summed E-state index contributed by atoms with van der Waals surface area (Å²) in [6.45, 7) is 2.25. The number of benzene rings is 1. The molecule has 0 aromatic heterocycles. The van der Waals surface area contributed by atoms with Gasteiger partial charge >= 0.3 is 18.9 Å². The Hall–Kier alpha value is -0.383. The van der Waals surface area contributed by atoms with Gasteiger partial charge in [0.25, 0.3) is 0 Å². The minimum Gasteiger partial charge on any atom is -1.00 e. The first-order valence-corrected chi connectivity index (χ1v) is 6.61. The molecule has 2 heteroatoms. The third kappa shape index (κ3) is 8.36. The summed E-state index contributed by atoms with van der Waals surface area (Å²) in [6, 6.07) is 7.59. The third-order valence-electron chi connectivity index (χ3n) is 3.01. The summed E-state index contributed by atoms with van der Waals surface area (Å²) in [5.41, 5.74) is 1.34. The molecule has 0 aliphatic heterocycles. The van der Waals surface area contributed by atoms with Gasteiger partial charge < -0.3 is 6.53 Å². The van der Waals surface area contributed by atoms with E-state index in [9.17, 15) is 0 Å². The maximum atomic E-state index is 9.15. The van der Waals surface area contributed by atoms with E-state index in [0.29, 0.717) is 5.75 Å². The van der Waals surface area contributed by atoms with Crippen LogP contribution in [0.1, 0.15) is 58.9 Å². The van der Waals surface area contributed by atoms with Gasteiger partial charge in [0.2, 0.25) is 0 Å². The van der Waals surface area contributed by atoms with Crippen molar-refractivity contribution in [1.29, 1.82) is 0 Å². The maximum Gasteiger partial charge on any atom is 1.00 e. The monoisotopic (exact) mass is 228 g/mol. The average Bonchev–Trinajstić information content (AvgIpc) is 2.30. The Morgan fingerprint density at radius 1 is 0.882 bits per heavy atom. The van der Waals surface area contributed by atoms with Gasteiger partial charge in [-0.3, -0.25) is 0 Å². The number of rotatable bonds is 8. The number of hydrogen-bond donors (Lipinski definition) is 1. The van der Waals surface area contributed by atoms with E-state index >= 15 is 0 Å². The van der Waals surface area contributed by atoms with Crippen LogP contribution in [0.3, 0.4) is 0 Å². The zero-order chi connectivity index (χ0) is 11.6. The van der Waals surface area contributed by atoms with Crippen molar-refractivity contribution < 1.29 is 25.4 Å². The van der Waals surface area contributed by atoms with Crippen molar-refractivity contribution in [1.82, 2.24) is 0 Å². The first-order chi connectivity index (χ1) is 7.83. The molecule has 1 aromatic rings. The molecule has 0 fully saturated rings. The minimum atomic E-state index is 0. The number of hydrogen-bond acceptors (Lipinski definition) is 1. The number of phenolic OH excluding ortho intramolecular Hbond substituents is 1. The Morgan fingerprint density at radius 2 is 1.41 bits per heavy atom. The molecule has 0 spiro atoms. The Morgan fingerprint density at radius 3 is 2.00 bits per heavy atom. The summed E-state index contributed by atoms with van der Waals surface area (Å²) >= 11 is 0. The molecule has 0 heterocycles. The van der Waals surface area contributed by atoms with E-state index in [0.717, 1.165) is 6.42 Å². The van der Waals surface area contributed by atoms with E-state index in [1.54, 1.807) is 12.1 Å². The SMILES string of the molecule is CCCCCCCCCc1ccc(O)cc1.[H-].[Li+]. The quantitative estimate of drug-likeness (QED) is 0.531. The fourth-order valence-electron chi connectivity index (χ4n) is 1.95. The van der Waals surface area contributed by atoms with E-state index in [1.807, 2.05) is 12.1 Å². The van der Waals surface area contributed by atoms with Crippen LogP contribution in [-0.2, 0) is 6.42 Å². The second-order valence-corrected chi connectivity index (χ2v) is 4.54. The summed E-state index contributed by atoms with van der Waals surface area (Å²) in [5.74, 6) is 0.364. The zero-order valence-corrected chi connectivity index (χ0v) is 11.4. The summed E-state index contributed by atoms with van der Waals surface area (Å²) < 4.78 is 0. The molecule has 0 bridgehead atoms. The smallest absolute Gasteiger partial charge is 1.00 e. The van der Waals surface area contributed by atoms with Crippen LogP contribution in [0.2, 0.25) is 0 Å². The molecule has 0 saturated heterocycles. The Labute approximate surface area is 119 Å². The summed E-state index contributed by atoms with van der Waals surface area (Å²) in [5, 5.41) is 9.15. The fourth-order valence-corrected chi connectivity index (χ4v) is 1.95. The van der Waals surface area contributed by atoms with Gasteiger partial charge in [-0.2, -0.15) is 0 Å². The van der Waals surface area contributed by atoms with Crippen LogP contribution in [-0.4, -0.2) is 5.11 Å². The van der Waals surface area contributed by atoms with Crippen molar-refractivity contribution in [3.63, 3.8) is 0 Å². The summed E-state index contributed by atoms with van der Waals surface area (Å²) in [7, 11) is 0. The van der Waals surface area contributed by atoms with Crippen LogP contribution < -0.4 is 18.9 Å². The van der Waals surface area contributed by atoms with Crippen LogP contribution >= 0.6 is 0 Å². The molecule has 0 radical (unpaired) electrons. The van der Waals surface area contributed by atoms with E-state index in [2.05, 4.69) is 6.92 Å². The Bertz CT molecular complexity index is 274. The molecule has 0 amide bonds. The van der Waals surface area contributed by atoms with Gasteiger partial charge in [-0.05, 0) is 30.5 Å². The van der Waals surface area contributed by atoms with Gasteiger partial charge in [0.15, 0.2) is 0 Å². The van der Waals surface area contributed by atoms with Crippen molar-refractivity contribution in [3.05, 3.63) is 29.8 Å². The molecular weight excluding hydrogens is 203 g/mol. The molecule has 17 heavy (non-hydrogen) atoms. The topological polar surface area (TPSA) is 20.2 Å². The largest absolute Gasteiger partial charge is 1.00 e. The van der Waals surface area contributed by atoms with Gasteiger partial charge in [-0.15, -0.1) is 0 Å². The molecular formula is C15H25LiO. The summed E-state index contributed by atoms with van der Waals surface area (Å²) in [4.78, 5) is 0. The number of phenols is 1. The van der Waals surface area contributed by atoms with E-state index in [4.69, 9.17) is 5.11 Å².